The summed E-state index contributed by atoms with van der Waals surface area (Å²) in [5.74, 6) is 0. The second-order valence-corrected chi connectivity index (χ2v) is 6.98. The maximum Gasteiger partial charge on any atom is -0.00106 e. The van der Waals surface area contributed by atoms with E-state index in [-0.39, 0.29) is 0 Å². The van der Waals surface area contributed by atoms with E-state index in [4.69, 9.17) is 0 Å². The van der Waals surface area contributed by atoms with Crippen LogP contribution in [0.5, 0.6) is 0 Å². The Morgan fingerprint density at radius 2 is 1.48 bits per heavy atom. The maximum atomic E-state index is 2.43. The first-order valence-corrected chi connectivity index (χ1v) is 9.57. The van der Waals surface area contributed by atoms with Crippen molar-refractivity contribution in [2.24, 2.45) is 0 Å². The molecule has 122 valence electrons. The van der Waals surface area contributed by atoms with Gasteiger partial charge in [-0.3, -0.25) is 0 Å². The lowest BCUT2D eigenvalue weighted by molar-refractivity contribution is 0.691. The van der Waals surface area contributed by atoms with Crippen LogP contribution >= 0.6 is 0 Å². The Kier molecular flexibility index (Phi) is 5.54. The Morgan fingerprint density at radius 1 is 0.739 bits per heavy atom. The highest BCUT2D eigenvalue weighted by Gasteiger charge is 2.22. The summed E-state index contributed by atoms with van der Waals surface area (Å²) >= 11 is 0. The molecule has 0 nitrogen and oxygen atoms in total. The smallest absolute Gasteiger partial charge is 0.00106 e. The van der Waals surface area contributed by atoms with E-state index in [0.717, 1.165) is 6.42 Å². The first-order chi connectivity index (χ1) is 11.3. The summed E-state index contributed by atoms with van der Waals surface area (Å²) in [6.45, 7) is 4.59. The molecule has 1 aliphatic rings. The van der Waals surface area contributed by atoms with Crippen LogP contribution in [0.15, 0.2) is 36.4 Å². The lowest BCUT2D eigenvalue weighted by Gasteiger charge is -2.15. The van der Waals surface area contributed by atoms with Crippen molar-refractivity contribution in [3.05, 3.63) is 58.7 Å². The van der Waals surface area contributed by atoms with Crippen molar-refractivity contribution in [1.82, 2.24) is 0 Å². The molecule has 3 rings (SSSR count). The lowest BCUT2D eigenvalue weighted by atomic mass is 9.90. The quantitative estimate of drug-likeness (QED) is 0.405. The molecule has 0 aliphatic heterocycles. The molecule has 0 radical (unpaired) electrons. The Balaban J connectivity index is 1.91. The van der Waals surface area contributed by atoms with Crippen LogP contribution in [-0.4, -0.2) is 0 Å². The molecular weight excluding hydrogens is 276 g/mol. The molecule has 0 heterocycles. The van der Waals surface area contributed by atoms with E-state index in [2.05, 4.69) is 50.2 Å². The molecule has 0 atom stereocenters. The molecule has 0 saturated carbocycles. The minimum atomic E-state index is 1.15. The molecule has 0 amide bonds. The van der Waals surface area contributed by atoms with Crippen LogP contribution in [-0.2, 0) is 19.3 Å². The van der Waals surface area contributed by atoms with Gasteiger partial charge in [-0.2, -0.15) is 0 Å². The highest BCUT2D eigenvalue weighted by atomic mass is 14.3. The molecule has 0 fully saturated rings. The maximum absolute atomic E-state index is 2.43. The standard InChI is InChI=1S/C23H30/c1-3-5-7-11-18-15-16-22-21-14-10-9-12-19(21)17-23(22)20(18)13-8-6-4-2/h9-10,12,14-16H,3-8,11,13,17H2,1-2H3. The third-order valence-corrected chi connectivity index (χ3v) is 5.28. The fraction of sp³-hybridized carbons (Fsp3) is 0.478. The largest absolute Gasteiger partial charge is 0.0654 e. The van der Waals surface area contributed by atoms with E-state index in [1.54, 1.807) is 16.7 Å². The summed E-state index contributed by atoms with van der Waals surface area (Å²) in [6, 6.07) is 13.8. The summed E-state index contributed by atoms with van der Waals surface area (Å²) < 4.78 is 0. The van der Waals surface area contributed by atoms with Gasteiger partial charge in [0, 0.05) is 0 Å². The summed E-state index contributed by atoms with van der Waals surface area (Å²) in [4.78, 5) is 0. The zero-order valence-corrected chi connectivity index (χ0v) is 14.8. The molecule has 0 unspecified atom stereocenters. The SMILES string of the molecule is CCCCCc1ccc2c(c1CCCCC)Cc1ccccc1-2. The van der Waals surface area contributed by atoms with Crippen molar-refractivity contribution in [2.75, 3.05) is 0 Å². The van der Waals surface area contributed by atoms with Gasteiger partial charge < -0.3 is 0 Å². The topological polar surface area (TPSA) is 0 Å². The van der Waals surface area contributed by atoms with Crippen molar-refractivity contribution >= 4 is 0 Å². The van der Waals surface area contributed by atoms with Crippen LogP contribution in [0, 0.1) is 0 Å². The molecule has 2 aromatic rings. The van der Waals surface area contributed by atoms with Crippen LogP contribution in [0.1, 0.15) is 74.6 Å². The number of hydrogen-bond donors (Lipinski definition) is 0. The fourth-order valence-corrected chi connectivity index (χ4v) is 3.99. The van der Waals surface area contributed by atoms with Crippen LogP contribution in [0.3, 0.4) is 0 Å². The lowest BCUT2D eigenvalue weighted by Crippen LogP contribution is -2.01. The van der Waals surface area contributed by atoms with Gasteiger partial charge in [-0.25, -0.2) is 0 Å². The summed E-state index contributed by atoms with van der Waals surface area (Å²) in [7, 11) is 0. The summed E-state index contributed by atoms with van der Waals surface area (Å²) in [6.07, 6.45) is 11.7. The zero-order valence-electron chi connectivity index (χ0n) is 14.8. The van der Waals surface area contributed by atoms with Crippen molar-refractivity contribution in [3.63, 3.8) is 0 Å². The van der Waals surface area contributed by atoms with Gasteiger partial charge in [-0.15, -0.1) is 0 Å². The van der Waals surface area contributed by atoms with Gasteiger partial charge in [0.25, 0.3) is 0 Å². The van der Waals surface area contributed by atoms with Gasteiger partial charge in [0.15, 0.2) is 0 Å². The second kappa shape index (κ2) is 7.81. The minimum Gasteiger partial charge on any atom is -0.0654 e. The van der Waals surface area contributed by atoms with Gasteiger partial charge in [0.1, 0.15) is 0 Å². The molecule has 0 N–H and O–H groups in total. The average molecular weight is 306 g/mol. The van der Waals surface area contributed by atoms with Gasteiger partial charge in [0.2, 0.25) is 0 Å². The second-order valence-electron chi connectivity index (χ2n) is 6.98. The first kappa shape index (κ1) is 16.3. The molecule has 2 aromatic carbocycles. The fourth-order valence-electron chi connectivity index (χ4n) is 3.99. The van der Waals surface area contributed by atoms with Crippen molar-refractivity contribution in [3.8, 4) is 11.1 Å². The Morgan fingerprint density at radius 3 is 2.26 bits per heavy atom. The number of rotatable bonds is 8. The van der Waals surface area contributed by atoms with Crippen molar-refractivity contribution < 1.29 is 0 Å². The molecule has 23 heavy (non-hydrogen) atoms. The third kappa shape index (κ3) is 3.52. The van der Waals surface area contributed by atoms with Crippen LogP contribution < -0.4 is 0 Å². The molecule has 0 bridgehead atoms. The number of unbranched alkanes of at least 4 members (excludes halogenated alkanes) is 4. The van der Waals surface area contributed by atoms with E-state index in [1.165, 1.54) is 68.1 Å². The number of hydrogen-bond acceptors (Lipinski definition) is 0. The Bertz CT molecular complexity index is 651. The third-order valence-electron chi connectivity index (χ3n) is 5.28. The van der Waals surface area contributed by atoms with Crippen LogP contribution in [0.4, 0.5) is 0 Å². The zero-order chi connectivity index (χ0) is 16.1. The van der Waals surface area contributed by atoms with Crippen LogP contribution in [0.25, 0.3) is 11.1 Å². The average Bonchev–Trinajstić information content (AvgIpc) is 2.95. The molecule has 1 aliphatic carbocycles. The van der Waals surface area contributed by atoms with Crippen molar-refractivity contribution in [2.45, 2.75) is 71.6 Å². The minimum absolute atomic E-state index is 1.15. The van der Waals surface area contributed by atoms with Gasteiger partial charge in [-0.1, -0.05) is 75.9 Å². The highest BCUT2D eigenvalue weighted by molar-refractivity contribution is 5.78. The highest BCUT2D eigenvalue weighted by Crippen LogP contribution is 2.40. The van der Waals surface area contributed by atoms with Gasteiger partial charge in [0.05, 0.1) is 0 Å². The van der Waals surface area contributed by atoms with E-state index < -0.39 is 0 Å². The predicted molar refractivity (Wildman–Crippen MR) is 101 cm³/mol. The Labute approximate surface area is 141 Å². The summed E-state index contributed by atoms with van der Waals surface area (Å²) in [5, 5.41) is 0. The number of benzene rings is 2. The van der Waals surface area contributed by atoms with E-state index in [1.807, 2.05) is 0 Å². The Hall–Kier alpha value is -1.56. The van der Waals surface area contributed by atoms with E-state index in [9.17, 15) is 0 Å². The van der Waals surface area contributed by atoms with Crippen LogP contribution in [0.2, 0.25) is 0 Å². The van der Waals surface area contributed by atoms with Gasteiger partial charge in [-0.05, 0) is 65.5 Å². The first-order valence-electron chi connectivity index (χ1n) is 9.57. The molecule has 0 heteroatoms. The van der Waals surface area contributed by atoms with Crippen molar-refractivity contribution in [1.29, 1.82) is 0 Å². The summed E-state index contributed by atoms with van der Waals surface area (Å²) in [5.41, 5.74) is 9.44. The molecular formula is C23H30. The van der Waals surface area contributed by atoms with E-state index in [0.29, 0.717) is 0 Å². The monoisotopic (exact) mass is 306 g/mol. The van der Waals surface area contributed by atoms with E-state index >= 15 is 0 Å². The molecule has 0 spiro atoms. The van der Waals surface area contributed by atoms with Gasteiger partial charge >= 0.3 is 0 Å². The molecule has 0 aromatic heterocycles. The molecule has 0 saturated heterocycles. The normalized spacial score (nSPS) is 12.3. The number of aryl methyl sites for hydroxylation is 1. The number of fused-ring (bicyclic) bond motifs is 3. The predicted octanol–water partition coefficient (Wildman–Crippen LogP) is 6.72.